The summed E-state index contributed by atoms with van der Waals surface area (Å²) in [5.74, 6) is 0.972. The summed E-state index contributed by atoms with van der Waals surface area (Å²) in [7, 11) is 5.32. The molecule has 2 aromatic rings. The molecule has 6 heteroatoms. The third-order valence-electron chi connectivity index (χ3n) is 4.52. The van der Waals surface area contributed by atoms with Crippen molar-refractivity contribution in [3.63, 3.8) is 0 Å². The number of carbonyl (C=O) groups excluding carboxylic acids is 1. The predicted octanol–water partition coefficient (Wildman–Crippen LogP) is 3.54. The fraction of sp³-hybridized carbons (Fsp3) is 0.348. The molecule has 0 aromatic heterocycles. The third-order valence-corrected chi connectivity index (χ3v) is 4.52. The highest BCUT2D eigenvalue weighted by molar-refractivity contribution is 5.91. The molecule has 0 bridgehead atoms. The first kappa shape index (κ1) is 22.4. The molecule has 0 fully saturated rings. The Morgan fingerprint density at radius 1 is 1.10 bits per heavy atom. The highest BCUT2D eigenvalue weighted by Gasteiger charge is 2.06. The molecule has 0 unspecified atom stereocenters. The molecule has 0 saturated heterocycles. The Morgan fingerprint density at radius 3 is 2.62 bits per heavy atom. The zero-order valence-electron chi connectivity index (χ0n) is 17.3. The van der Waals surface area contributed by atoms with Crippen LogP contribution in [0.2, 0.25) is 0 Å². The molecule has 0 atom stereocenters. The molecule has 0 radical (unpaired) electrons. The van der Waals surface area contributed by atoms with E-state index in [0.29, 0.717) is 12.1 Å². The van der Waals surface area contributed by atoms with Crippen LogP contribution in [0.3, 0.4) is 0 Å². The fourth-order valence-electron chi connectivity index (χ4n) is 2.87. The van der Waals surface area contributed by atoms with Crippen molar-refractivity contribution in [2.45, 2.75) is 12.8 Å². The minimum absolute atomic E-state index is 0.178. The highest BCUT2D eigenvalue weighted by Crippen LogP contribution is 2.27. The number of methoxy groups -OCH3 is 2. The lowest BCUT2D eigenvalue weighted by atomic mass is 10.1. The maximum Gasteiger partial charge on any atom is 0.243 e. The van der Waals surface area contributed by atoms with Gasteiger partial charge in [-0.05, 0) is 67.9 Å². The molecule has 156 valence electrons. The number of carbonyl (C=O) groups is 1. The molecule has 0 aliphatic rings. The van der Waals surface area contributed by atoms with Gasteiger partial charge in [0.15, 0.2) is 11.5 Å². The SMILES string of the molecule is COc1ccc(CCN(C)CCCNC(=O)C=Cc2cccc(F)c2)cc1OC. The predicted molar refractivity (Wildman–Crippen MR) is 114 cm³/mol. The van der Waals surface area contributed by atoms with E-state index in [2.05, 4.69) is 17.3 Å². The van der Waals surface area contributed by atoms with Crippen LogP contribution >= 0.6 is 0 Å². The number of amides is 1. The van der Waals surface area contributed by atoms with Gasteiger partial charge in [0.25, 0.3) is 0 Å². The van der Waals surface area contributed by atoms with Gasteiger partial charge < -0.3 is 19.7 Å². The van der Waals surface area contributed by atoms with Crippen LogP contribution in [0.15, 0.2) is 48.5 Å². The van der Waals surface area contributed by atoms with Gasteiger partial charge in [-0.2, -0.15) is 0 Å². The van der Waals surface area contributed by atoms with E-state index in [1.807, 2.05) is 18.2 Å². The molecule has 0 aliphatic heterocycles. The van der Waals surface area contributed by atoms with Gasteiger partial charge in [-0.3, -0.25) is 4.79 Å². The van der Waals surface area contributed by atoms with Crippen LogP contribution in [0.5, 0.6) is 11.5 Å². The molecule has 0 spiro atoms. The van der Waals surface area contributed by atoms with E-state index >= 15 is 0 Å². The Balaban J connectivity index is 1.65. The summed E-state index contributed by atoms with van der Waals surface area (Å²) in [5, 5.41) is 2.85. The maximum absolute atomic E-state index is 13.1. The number of nitrogens with one attached hydrogen (secondary N) is 1. The van der Waals surface area contributed by atoms with Gasteiger partial charge in [-0.1, -0.05) is 18.2 Å². The van der Waals surface area contributed by atoms with E-state index in [0.717, 1.165) is 37.4 Å². The standard InChI is InChI=1S/C23H29FN2O3/c1-26(15-12-19-8-10-21(28-2)22(17-19)29-3)14-5-13-25-23(27)11-9-18-6-4-7-20(24)16-18/h4,6-11,16-17H,5,12-15H2,1-3H3,(H,25,27). The molecule has 5 nitrogen and oxygen atoms in total. The number of halogens is 1. The second kappa shape index (κ2) is 11.9. The van der Waals surface area contributed by atoms with Gasteiger partial charge >= 0.3 is 0 Å². The first-order valence-corrected chi connectivity index (χ1v) is 9.62. The van der Waals surface area contributed by atoms with Gasteiger partial charge in [0.1, 0.15) is 5.82 Å². The van der Waals surface area contributed by atoms with Gasteiger partial charge in [0, 0.05) is 19.2 Å². The zero-order valence-corrected chi connectivity index (χ0v) is 17.3. The second-order valence-corrected chi connectivity index (χ2v) is 6.78. The van der Waals surface area contributed by atoms with Gasteiger partial charge in [-0.25, -0.2) is 4.39 Å². The summed E-state index contributed by atoms with van der Waals surface area (Å²) in [4.78, 5) is 14.1. The quantitative estimate of drug-likeness (QED) is 0.463. The summed E-state index contributed by atoms with van der Waals surface area (Å²) in [6.07, 6.45) is 4.78. The second-order valence-electron chi connectivity index (χ2n) is 6.78. The molecule has 2 aromatic carbocycles. The van der Waals surface area contributed by atoms with Gasteiger partial charge in [0.2, 0.25) is 5.91 Å². The van der Waals surface area contributed by atoms with Crippen molar-refractivity contribution in [3.8, 4) is 11.5 Å². The van der Waals surface area contributed by atoms with Gasteiger partial charge in [0.05, 0.1) is 14.2 Å². The molecule has 0 aliphatic carbocycles. The minimum Gasteiger partial charge on any atom is -0.493 e. The fourth-order valence-corrected chi connectivity index (χ4v) is 2.87. The molecule has 2 rings (SSSR count). The van der Waals surface area contributed by atoms with E-state index in [1.165, 1.54) is 23.8 Å². The lowest BCUT2D eigenvalue weighted by Crippen LogP contribution is -2.28. The summed E-state index contributed by atoms with van der Waals surface area (Å²) in [5.41, 5.74) is 1.85. The summed E-state index contributed by atoms with van der Waals surface area (Å²) < 4.78 is 23.7. The van der Waals surface area contributed by atoms with E-state index in [1.54, 1.807) is 32.4 Å². The van der Waals surface area contributed by atoms with Crippen LogP contribution in [-0.4, -0.2) is 51.7 Å². The van der Waals surface area contributed by atoms with E-state index in [9.17, 15) is 9.18 Å². The van der Waals surface area contributed by atoms with Crippen LogP contribution in [0, 0.1) is 5.82 Å². The third kappa shape index (κ3) is 7.95. The average molecular weight is 400 g/mol. The van der Waals surface area contributed by atoms with Crippen LogP contribution in [0.25, 0.3) is 6.08 Å². The normalized spacial score (nSPS) is 11.1. The Bertz CT molecular complexity index is 824. The summed E-state index contributed by atoms with van der Waals surface area (Å²) >= 11 is 0. The van der Waals surface area contributed by atoms with Crippen molar-refractivity contribution in [2.24, 2.45) is 0 Å². The van der Waals surface area contributed by atoms with Crippen molar-refractivity contribution < 1.29 is 18.7 Å². The molecular weight excluding hydrogens is 371 g/mol. The van der Waals surface area contributed by atoms with Crippen molar-refractivity contribution in [1.29, 1.82) is 0 Å². The van der Waals surface area contributed by atoms with Crippen LogP contribution in [0.1, 0.15) is 17.5 Å². The number of hydrogen-bond acceptors (Lipinski definition) is 4. The van der Waals surface area contributed by atoms with Crippen LogP contribution < -0.4 is 14.8 Å². The van der Waals surface area contributed by atoms with Crippen LogP contribution in [0.4, 0.5) is 4.39 Å². The van der Waals surface area contributed by atoms with Crippen molar-refractivity contribution in [1.82, 2.24) is 10.2 Å². The lowest BCUT2D eigenvalue weighted by Gasteiger charge is -2.17. The van der Waals surface area contributed by atoms with E-state index < -0.39 is 0 Å². The molecular formula is C23H29FN2O3. The minimum atomic E-state index is -0.316. The molecule has 0 heterocycles. The highest BCUT2D eigenvalue weighted by atomic mass is 19.1. The largest absolute Gasteiger partial charge is 0.493 e. The smallest absolute Gasteiger partial charge is 0.243 e. The number of likely N-dealkylation sites (N-methyl/N-ethyl adjacent to an activating group) is 1. The lowest BCUT2D eigenvalue weighted by molar-refractivity contribution is -0.116. The summed E-state index contributed by atoms with van der Waals surface area (Å²) in [6, 6.07) is 12.1. The number of benzene rings is 2. The maximum atomic E-state index is 13.1. The van der Waals surface area contributed by atoms with Crippen molar-refractivity contribution >= 4 is 12.0 Å². The monoisotopic (exact) mass is 400 g/mol. The number of nitrogens with zero attached hydrogens (tertiary/aromatic N) is 1. The Labute approximate surface area is 172 Å². The van der Waals surface area contributed by atoms with Gasteiger partial charge in [-0.15, -0.1) is 0 Å². The Hall–Kier alpha value is -2.86. The first-order valence-electron chi connectivity index (χ1n) is 9.62. The van der Waals surface area contributed by atoms with E-state index in [-0.39, 0.29) is 11.7 Å². The van der Waals surface area contributed by atoms with E-state index in [4.69, 9.17) is 9.47 Å². The topological polar surface area (TPSA) is 50.8 Å². The average Bonchev–Trinajstić information content (AvgIpc) is 2.73. The number of ether oxygens (including phenoxy) is 2. The molecule has 0 saturated carbocycles. The number of hydrogen-bond donors (Lipinski definition) is 1. The Morgan fingerprint density at radius 2 is 1.90 bits per heavy atom. The summed E-state index contributed by atoms with van der Waals surface area (Å²) in [6.45, 7) is 2.37. The molecule has 1 amide bonds. The van der Waals surface area contributed by atoms with Crippen molar-refractivity contribution in [3.05, 3.63) is 65.5 Å². The van der Waals surface area contributed by atoms with Crippen LogP contribution in [-0.2, 0) is 11.2 Å². The van der Waals surface area contributed by atoms with Crippen molar-refractivity contribution in [2.75, 3.05) is 40.9 Å². The number of rotatable bonds is 11. The molecule has 1 N–H and O–H groups in total. The molecule has 29 heavy (non-hydrogen) atoms. The zero-order chi connectivity index (χ0) is 21.1. The Kier molecular flexibility index (Phi) is 9.18. The first-order chi connectivity index (χ1) is 14.0.